The Bertz CT molecular complexity index is 5910. The van der Waals surface area contributed by atoms with Gasteiger partial charge in [-0.1, -0.05) is 124 Å². The maximum atomic E-state index is 12.6. The molecule has 5 atom stereocenters. The standard InChI is InChI=1S/C34H39N7O2.C34H38N6O2.C33H37N7O2/c1-6-31(42)41-18-17-40(20-26(41)13-15-35)33-27-14-16-39(30-12-8-11-25-10-7-9-23(2)32(25)30)21-29(27)37-34(28(33)19-36)43-22-24(3)38(4)5;1-5-9-24(4)42-34-28(20-36)33(39-18-19-40(31(41)6-2)26(21-39)14-16-35)27-15-17-38(22-29(27)37-34)30-13-8-12-25-11-7-10-23(3)32(25)30;1-5-30(41)40-17-16-39(21-25(40)12-14-34)32-26-13-15-38(29-11-7-10-24-9-6-8-23(2)31(24)29)22-28(26)36-33(27(32)20-35)42-19-18-37(3)4/h6-12,24,26H,1,13-14,16-18,20-22H2,2-5H3;6-8,10-13,24,26H,2,5,9,14-15,17-19,21-22H2,1,3-4H3;5-11,25H,1,12-13,15-19,21-22H2,2-4H3/t2*24?,26-;25-/m000/s1. The van der Waals surface area contributed by atoms with E-state index in [-0.39, 0.29) is 67.3 Å². The van der Waals surface area contributed by atoms with E-state index in [2.05, 4.69) is 234 Å². The van der Waals surface area contributed by atoms with Crippen LogP contribution in [0.1, 0.15) is 120 Å². The number of hydrogen-bond acceptors (Lipinski definition) is 23. The van der Waals surface area contributed by atoms with Crippen LogP contribution in [-0.2, 0) is 53.3 Å². The van der Waals surface area contributed by atoms with Crippen molar-refractivity contribution in [2.75, 3.05) is 156 Å². The van der Waals surface area contributed by atoms with E-state index in [1.807, 2.05) is 40.0 Å². The minimum absolute atomic E-state index is 0.0886. The predicted octanol–water partition coefficient (Wildman–Crippen LogP) is 14.1. The molecule has 3 saturated heterocycles. The van der Waals surface area contributed by atoms with Crippen molar-refractivity contribution in [1.29, 1.82) is 31.6 Å². The number of rotatable bonds is 24. The lowest BCUT2D eigenvalue weighted by Crippen LogP contribution is -2.55. The van der Waals surface area contributed by atoms with Gasteiger partial charge in [-0.25, -0.2) is 15.0 Å². The van der Waals surface area contributed by atoms with Gasteiger partial charge in [0.2, 0.25) is 35.4 Å². The normalized spacial score (nSPS) is 17.1. The van der Waals surface area contributed by atoms with E-state index in [1.165, 1.54) is 84.3 Å². The zero-order valence-electron chi connectivity index (χ0n) is 74.9. The molecule has 26 heteroatoms. The molecule has 0 aliphatic carbocycles. The number of benzene rings is 6. The van der Waals surface area contributed by atoms with Crippen LogP contribution in [0.15, 0.2) is 147 Å². The second-order valence-corrected chi connectivity index (χ2v) is 34.0. The van der Waals surface area contributed by atoms with Gasteiger partial charge in [-0.15, -0.1) is 0 Å². The largest absolute Gasteiger partial charge is 0.475 e. The van der Waals surface area contributed by atoms with Crippen LogP contribution in [-0.4, -0.2) is 214 Å². The van der Waals surface area contributed by atoms with Crippen molar-refractivity contribution in [2.24, 2.45) is 0 Å². The first-order valence-corrected chi connectivity index (χ1v) is 44.0. The maximum Gasteiger partial charge on any atom is 0.246 e. The van der Waals surface area contributed by atoms with Gasteiger partial charge in [0.05, 0.1) is 115 Å². The number of carbonyl (C=O) groups excluding carboxylic acids is 3. The summed E-state index contributed by atoms with van der Waals surface area (Å²) >= 11 is 0. The summed E-state index contributed by atoms with van der Waals surface area (Å²) in [6.45, 7) is 33.4. The highest BCUT2D eigenvalue weighted by molar-refractivity contribution is 6.00. The fraction of sp³-hybridized carbons (Fsp3) is 0.406. The highest BCUT2D eigenvalue weighted by Crippen LogP contribution is 2.45. The lowest BCUT2D eigenvalue weighted by atomic mass is 9.95. The number of piperazine rings is 3. The molecule has 0 spiro atoms. The number of ether oxygens (including phenoxy) is 3. The SMILES string of the molecule is C=CC(=O)N1CCN(c2c(C#N)c(OC(C)CCC)nc3c2CCN(c2cccc4cccc(C)c24)C3)C[C@@H]1CC#N.C=CC(=O)N1CCN(c2c(C#N)c(OCC(C)N(C)C)nc3c2CCN(c2cccc4cccc(C)c24)C3)C[C@@H]1CC#N.C=CC(=O)N1CCN(c2c(C#N)c(OCCN(C)C)nc3c2CCN(c2cccc4cccc(C)c24)C3)C[C@@H]1CC#N. The Morgan fingerprint density at radius 3 is 1.11 bits per heavy atom. The number of nitrogens with zero attached hydrogens (tertiary/aromatic N) is 20. The van der Waals surface area contributed by atoms with Crippen LogP contribution in [0.4, 0.5) is 34.1 Å². The van der Waals surface area contributed by atoms with E-state index in [0.717, 1.165) is 83.3 Å². The quantitative estimate of drug-likeness (QED) is 0.0508. The summed E-state index contributed by atoms with van der Waals surface area (Å²) in [6, 6.07) is 51.5. The Morgan fingerprint density at radius 2 is 0.795 bits per heavy atom. The minimum atomic E-state index is -0.309. The molecule has 9 aromatic rings. The molecule has 3 amide bonds. The van der Waals surface area contributed by atoms with Crippen LogP contribution >= 0.6 is 0 Å². The van der Waals surface area contributed by atoms with Crippen LogP contribution < -0.4 is 43.6 Å². The summed E-state index contributed by atoms with van der Waals surface area (Å²) in [5.41, 5.74) is 16.8. The van der Waals surface area contributed by atoms with Gasteiger partial charge in [0.25, 0.3) is 0 Å². The Hall–Kier alpha value is -13.8. The Kier molecular flexibility index (Phi) is 29.6. The monoisotopic (exact) mass is 1700 g/mol. The van der Waals surface area contributed by atoms with Gasteiger partial charge < -0.3 is 68.1 Å². The van der Waals surface area contributed by atoms with Gasteiger partial charge in [0.15, 0.2) is 0 Å². The zero-order chi connectivity index (χ0) is 90.3. The van der Waals surface area contributed by atoms with Crippen molar-refractivity contribution < 1.29 is 28.6 Å². The summed E-state index contributed by atoms with van der Waals surface area (Å²) in [5, 5.41) is 67.3. The number of aromatic nitrogens is 3. The molecule has 3 fully saturated rings. The number of aryl methyl sites for hydroxylation is 3. The summed E-state index contributed by atoms with van der Waals surface area (Å²) < 4.78 is 18.8. The summed E-state index contributed by atoms with van der Waals surface area (Å²) in [6.07, 6.45) is 8.37. The second kappa shape index (κ2) is 41.4. The third-order valence-electron chi connectivity index (χ3n) is 25.4. The molecule has 3 aromatic heterocycles. The van der Waals surface area contributed by atoms with E-state index in [9.17, 15) is 46.0 Å². The Morgan fingerprint density at radius 1 is 0.465 bits per heavy atom. The van der Waals surface area contributed by atoms with E-state index < -0.39 is 0 Å². The molecule has 2 unspecified atom stereocenters. The number of fused-ring (bicyclic) bond motifs is 6. The van der Waals surface area contributed by atoms with Crippen molar-refractivity contribution >= 4 is 84.2 Å². The Balaban J connectivity index is 0.000000163. The van der Waals surface area contributed by atoms with Crippen LogP contribution in [0.25, 0.3) is 32.3 Å². The van der Waals surface area contributed by atoms with Crippen LogP contribution in [0.2, 0.25) is 0 Å². The first-order valence-electron chi connectivity index (χ1n) is 44.0. The smallest absolute Gasteiger partial charge is 0.246 e. The fourth-order valence-corrected chi connectivity index (χ4v) is 18.7. The van der Waals surface area contributed by atoms with Gasteiger partial charge in [0.1, 0.15) is 48.1 Å². The second-order valence-electron chi connectivity index (χ2n) is 34.0. The third-order valence-corrected chi connectivity index (χ3v) is 25.4. The fourth-order valence-electron chi connectivity index (χ4n) is 18.7. The average Bonchev–Trinajstić information content (AvgIpc) is 0.754. The number of pyridine rings is 3. The summed E-state index contributed by atoms with van der Waals surface area (Å²) in [7, 11) is 7.94. The number of amides is 3. The molecule has 0 N–H and O–H groups in total. The zero-order valence-corrected chi connectivity index (χ0v) is 74.9. The molecule has 15 rings (SSSR count). The lowest BCUT2D eigenvalue weighted by molar-refractivity contribution is -0.129. The summed E-state index contributed by atoms with van der Waals surface area (Å²) in [4.78, 5) is 75.5. The van der Waals surface area contributed by atoms with Crippen LogP contribution in [0.5, 0.6) is 17.6 Å². The average molecular weight is 1700 g/mol. The molecule has 0 bridgehead atoms. The van der Waals surface area contributed by atoms with E-state index in [0.29, 0.717) is 152 Å². The van der Waals surface area contributed by atoms with Gasteiger partial charge >= 0.3 is 0 Å². The van der Waals surface area contributed by atoms with E-state index >= 15 is 0 Å². The van der Waals surface area contributed by atoms with Gasteiger partial charge in [-0.2, -0.15) is 31.6 Å². The first-order chi connectivity index (χ1) is 61.5. The van der Waals surface area contributed by atoms with Gasteiger partial charge in [-0.05, 0) is 158 Å². The van der Waals surface area contributed by atoms with Crippen molar-refractivity contribution in [2.45, 2.75) is 143 Å². The molecule has 6 aliphatic rings. The lowest BCUT2D eigenvalue weighted by Gasteiger charge is -2.43. The van der Waals surface area contributed by atoms with Crippen molar-refractivity contribution in [3.8, 4) is 54.1 Å². The minimum Gasteiger partial charge on any atom is -0.475 e. The molecule has 9 heterocycles. The molecular weight excluding hydrogens is 1590 g/mol. The molecule has 6 aromatic carbocycles. The highest BCUT2D eigenvalue weighted by Gasteiger charge is 2.40. The van der Waals surface area contributed by atoms with Gasteiger partial charge in [0, 0.05) is 141 Å². The molecule has 0 radical (unpaired) electrons. The van der Waals surface area contributed by atoms with Crippen LogP contribution in [0, 0.1) is 88.8 Å². The predicted molar refractivity (Wildman–Crippen MR) is 499 cm³/mol. The molecule has 127 heavy (non-hydrogen) atoms. The summed E-state index contributed by atoms with van der Waals surface area (Å²) in [5.74, 6) is 0.503. The number of hydrogen-bond donors (Lipinski definition) is 0. The molecular formula is C101H114N20O6. The maximum absolute atomic E-state index is 12.6. The van der Waals surface area contributed by atoms with Crippen molar-refractivity contribution in [3.05, 3.63) is 214 Å². The molecule has 26 nitrogen and oxygen atoms in total. The third kappa shape index (κ3) is 19.7. The van der Waals surface area contributed by atoms with E-state index in [1.54, 1.807) is 14.7 Å². The highest BCUT2D eigenvalue weighted by atomic mass is 16.5. The molecule has 6 aliphatic heterocycles. The van der Waals surface area contributed by atoms with Crippen molar-refractivity contribution in [3.63, 3.8) is 0 Å². The number of carbonyl (C=O) groups is 3. The van der Waals surface area contributed by atoms with Gasteiger partial charge in [-0.3, -0.25) is 14.4 Å². The molecule has 0 saturated carbocycles. The number of likely N-dealkylation sites (N-methyl/N-ethyl adjacent to an activating group) is 2. The first kappa shape index (κ1) is 91.0. The topological polar surface area (TPSA) is 296 Å². The molecule has 654 valence electrons. The van der Waals surface area contributed by atoms with E-state index in [4.69, 9.17) is 29.2 Å². The number of anilines is 6. The van der Waals surface area contributed by atoms with Crippen LogP contribution in [0.3, 0.4) is 0 Å². The Labute approximate surface area is 746 Å². The number of nitriles is 6. The van der Waals surface area contributed by atoms with Crippen molar-refractivity contribution in [1.82, 2.24) is 39.5 Å².